The molecular formula is C7H3Br2NaO3. The van der Waals surface area contributed by atoms with Gasteiger partial charge in [-0.2, -0.15) is 0 Å². The van der Waals surface area contributed by atoms with E-state index >= 15 is 0 Å². The van der Waals surface area contributed by atoms with Crippen LogP contribution in [0, 0.1) is 0 Å². The number of halogens is 2. The van der Waals surface area contributed by atoms with Crippen molar-refractivity contribution in [2.75, 3.05) is 0 Å². The molecule has 1 aromatic rings. The normalized spacial score (nSPS) is 8.77. The molecule has 0 radical (unpaired) electrons. The second-order valence-corrected chi connectivity index (χ2v) is 3.16. The Morgan fingerprint density at radius 1 is 1.46 bits per heavy atom. The maximum atomic E-state index is 10.5. The molecule has 3 nitrogen and oxygen atoms in total. The Morgan fingerprint density at radius 2 is 2.08 bits per heavy atom. The fraction of sp³-hybridized carbons (Fsp3) is 0. The van der Waals surface area contributed by atoms with Crippen molar-refractivity contribution in [1.82, 2.24) is 0 Å². The first kappa shape index (κ1) is 13.4. The third-order valence-electron chi connectivity index (χ3n) is 1.26. The summed E-state index contributed by atoms with van der Waals surface area (Å²) in [7, 11) is 0. The van der Waals surface area contributed by atoms with Crippen LogP contribution in [0.4, 0.5) is 0 Å². The van der Waals surface area contributed by atoms with Gasteiger partial charge in [-0.1, -0.05) is 6.07 Å². The van der Waals surface area contributed by atoms with E-state index in [0.717, 1.165) is 0 Å². The van der Waals surface area contributed by atoms with Crippen LogP contribution in [0.3, 0.4) is 0 Å². The fourth-order valence-corrected chi connectivity index (χ4v) is 1.76. The summed E-state index contributed by atoms with van der Waals surface area (Å²) >= 11 is 5.84. The molecule has 0 bridgehead atoms. The summed E-state index contributed by atoms with van der Waals surface area (Å²) in [6, 6.07) is 4.66. The van der Waals surface area contributed by atoms with E-state index in [2.05, 4.69) is 36.0 Å². The van der Waals surface area contributed by atoms with Crippen LogP contribution in [0.25, 0.3) is 0 Å². The van der Waals surface area contributed by atoms with Gasteiger partial charge in [-0.05, 0) is 28.1 Å². The summed E-state index contributed by atoms with van der Waals surface area (Å²) in [4.78, 5) is 10.5. The molecule has 0 heterocycles. The molecule has 64 valence electrons. The minimum Gasteiger partial charge on any atom is -0.545 e. The standard InChI is InChI=1S/C7H4Br2O3.Na/c8-5-3-1-2-4(7(10)11)6(5)12-9;/h1-3H,(H,10,11);/q;+1/p-1. The Bertz CT molecular complexity index is 317. The zero-order valence-electron chi connectivity index (χ0n) is 6.71. The smallest absolute Gasteiger partial charge is 0.545 e. The van der Waals surface area contributed by atoms with E-state index in [0.29, 0.717) is 4.47 Å². The summed E-state index contributed by atoms with van der Waals surface area (Å²) < 4.78 is 5.24. The minimum atomic E-state index is -1.27. The number of aromatic carboxylic acids is 1. The van der Waals surface area contributed by atoms with Crippen LogP contribution in [0.5, 0.6) is 5.75 Å². The van der Waals surface area contributed by atoms with E-state index in [4.69, 9.17) is 0 Å². The number of carbonyl (C=O) groups excluding carboxylic acids is 1. The molecule has 0 N–H and O–H groups in total. The van der Waals surface area contributed by atoms with Crippen LogP contribution in [-0.2, 0) is 0 Å². The van der Waals surface area contributed by atoms with Crippen LogP contribution in [-0.4, -0.2) is 5.97 Å². The second kappa shape index (κ2) is 6.03. The molecule has 0 atom stereocenters. The molecule has 0 aliphatic heterocycles. The van der Waals surface area contributed by atoms with Gasteiger partial charge in [0.25, 0.3) is 0 Å². The van der Waals surface area contributed by atoms with Crippen molar-refractivity contribution in [3.8, 4) is 5.75 Å². The molecule has 6 heteroatoms. The van der Waals surface area contributed by atoms with Crippen LogP contribution in [0.1, 0.15) is 10.4 Å². The molecule has 0 unspecified atom stereocenters. The molecule has 0 aromatic heterocycles. The zero-order valence-corrected chi connectivity index (χ0v) is 11.9. The Morgan fingerprint density at radius 3 is 2.46 bits per heavy atom. The van der Waals surface area contributed by atoms with Crippen LogP contribution in [0.2, 0.25) is 0 Å². The van der Waals surface area contributed by atoms with Crippen molar-refractivity contribution in [3.63, 3.8) is 0 Å². The number of rotatable bonds is 2. The average molecular weight is 318 g/mol. The molecule has 0 aliphatic carbocycles. The summed E-state index contributed by atoms with van der Waals surface area (Å²) in [5.74, 6) is -1.07. The van der Waals surface area contributed by atoms with Gasteiger partial charge in [0.2, 0.25) is 0 Å². The molecule has 13 heavy (non-hydrogen) atoms. The van der Waals surface area contributed by atoms with Gasteiger partial charge in [0.1, 0.15) is 0 Å². The fourth-order valence-electron chi connectivity index (χ4n) is 0.748. The maximum absolute atomic E-state index is 10.5. The number of carbonyl (C=O) groups is 1. The van der Waals surface area contributed by atoms with Crippen LogP contribution < -0.4 is 38.5 Å². The van der Waals surface area contributed by atoms with Crippen molar-refractivity contribution < 1.29 is 43.3 Å². The number of benzene rings is 1. The van der Waals surface area contributed by atoms with Crippen molar-refractivity contribution in [2.24, 2.45) is 0 Å². The quantitative estimate of drug-likeness (QED) is 0.624. The minimum absolute atomic E-state index is 0. The molecule has 0 saturated heterocycles. The molecule has 0 amide bonds. The number of carboxylic acid groups (broad SMARTS) is 1. The number of hydrogen-bond acceptors (Lipinski definition) is 3. The number of hydrogen-bond donors (Lipinski definition) is 0. The summed E-state index contributed by atoms with van der Waals surface area (Å²) in [6.07, 6.45) is 0. The maximum Gasteiger partial charge on any atom is 1.00 e. The van der Waals surface area contributed by atoms with E-state index < -0.39 is 5.97 Å². The molecule has 1 rings (SSSR count). The zero-order chi connectivity index (χ0) is 9.14. The van der Waals surface area contributed by atoms with Crippen molar-refractivity contribution in [2.45, 2.75) is 0 Å². The Labute approximate surface area is 114 Å². The van der Waals surface area contributed by atoms with Gasteiger partial charge in [-0.3, -0.25) is 0 Å². The Balaban J connectivity index is 0.00000144. The summed E-state index contributed by atoms with van der Waals surface area (Å²) in [5, 5.41) is 10.5. The van der Waals surface area contributed by atoms with Gasteiger partial charge < -0.3 is 13.7 Å². The van der Waals surface area contributed by atoms with E-state index in [1.807, 2.05) is 0 Å². The van der Waals surface area contributed by atoms with Crippen molar-refractivity contribution in [1.29, 1.82) is 0 Å². The molecule has 0 saturated carbocycles. The van der Waals surface area contributed by atoms with Gasteiger partial charge >= 0.3 is 29.6 Å². The first-order valence-corrected chi connectivity index (χ1v) is 4.39. The third-order valence-corrected chi connectivity index (χ3v) is 2.21. The van der Waals surface area contributed by atoms with Gasteiger partial charge in [0, 0.05) is 5.56 Å². The van der Waals surface area contributed by atoms with Crippen LogP contribution in [0.15, 0.2) is 22.7 Å². The van der Waals surface area contributed by atoms with Gasteiger partial charge in [-0.15, -0.1) is 0 Å². The predicted molar refractivity (Wildman–Crippen MR) is 48.0 cm³/mol. The van der Waals surface area contributed by atoms with Gasteiger partial charge in [0.05, 0.1) is 10.4 Å². The molecule has 1 aromatic carbocycles. The van der Waals surface area contributed by atoms with Crippen molar-refractivity contribution >= 4 is 38.2 Å². The summed E-state index contributed by atoms with van der Waals surface area (Å²) in [6.45, 7) is 0. The van der Waals surface area contributed by atoms with Crippen molar-refractivity contribution in [3.05, 3.63) is 28.2 Å². The first-order chi connectivity index (χ1) is 5.66. The monoisotopic (exact) mass is 316 g/mol. The molecule has 0 fully saturated rings. The SMILES string of the molecule is O=C([O-])c1cccc(Br)c1OBr.[Na+]. The van der Waals surface area contributed by atoms with Gasteiger partial charge in [0.15, 0.2) is 22.0 Å². The molecule has 0 aliphatic rings. The third kappa shape index (κ3) is 3.25. The largest absolute Gasteiger partial charge is 1.00 e. The van der Waals surface area contributed by atoms with E-state index in [-0.39, 0.29) is 40.9 Å². The predicted octanol–water partition coefficient (Wildman–Crippen LogP) is -1.49. The topological polar surface area (TPSA) is 49.4 Å². The Hall–Kier alpha value is 0.450. The first-order valence-electron chi connectivity index (χ1n) is 2.95. The Kier molecular flexibility index (Phi) is 6.24. The number of carboxylic acids is 1. The summed E-state index contributed by atoms with van der Waals surface area (Å²) in [5.41, 5.74) is 0.00116. The molecule has 0 spiro atoms. The van der Waals surface area contributed by atoms with E-state index in [1.165, 1.54) is 6.07 Å². The van der Waals surface area contributed by atoms with Crippen LogP contribution >= 0.6 is 32.2 Å². The number of para-hydroxylation sites is 1. The average Bonchev–Trinajstić information content (AvgIpc) is 2.03. The second-order valence-electron chi connectivity index (χ2n) is 1.98. The molecular weight excluding hydrogens is 315 g/mol. The van der Waals surface area contributed by atoms with E-state index in [9.17, 15) is 9.90 Å². The van der Waals surface area contributed by atoms with E-state index in [1.54, 1.807) is 12.1 Å². The van der Waals surface area contributed by atoms with Gasteiger partial charge in [-0.25, -0.2) is 0 Å².